The van der Waals surface area contributed by atoms with Crippen LogP contribution >= 0.6 is 0 Å². The quantitative estimate of drug-likeness (QED) is 0.263. The molecule has 0 amide bonds. The molecule has 0 saturated heterocycles. The summed E-state index contributed by atoms with van der Waals surface area (Å²) in [6, 6.07) is 0. The van der Waals surface area contributed by atoms with Crippen LogP contribution < -0.4 is 5.73 Å². The van der Waals surface area contributed by atoms with E-state index in [1.165, 1.54) is 0 Å². The third-order valence-corrected chi connectivity index (χ3v) is 4.07. The Morgan fingerprint density at radius 3 is 0.571 bits per heavy atom. The van der Waals surface area contributed by atoms with Crippen LogP contribution in [0.2, 0.25) is 0 Å². The van der Waals surface area contributed by atoms with Gasteiger partial charge in [0, 0.05) is 0 Å². The van der Waals surface area contributed by atoms with Gasteiger partial charge in [-0.2, -0.15) is 101 Å². The second kappa shape index (κ2) is 7.68. The van der Waals surface area contributed by atoms with Crippen molar-refractivity contribution in [2.24, 2.45) is 0 Å². The molecule has 0 bridgehead atoms. The summed E-state index contributed by atoms with van der Waals surface area (Å²) in [6.45, 7) is 0. The van der Waals surface area contributed by atoms with Gasteiger partial charge in [-0.05, 0) is 0 Å². The third-order valence-electron chi connectivity index (χ3n) is 4.07. The molecular formula is C11H3F23N+. The second-order valence-electron chi connectivity index (χ2n) is 6.39. The number of hydrogen-bond acceptors (Lipinski definition) is 0. The fourth-order valence-corrected chi connectivity index (χ4v) is 1.84. The Hall–Kier alpha value is -1.65. The van der Waals surface area contributed by atoms with Gasteiger partial charge in [0.2, 0.25) is 0 Å². The molecule has 0 aliphatic rings. The van der Waals surface area contributed by atoms with Gasteiger partial charge in [0.1, 0.15) is 0 Å². The van der Waals surface area contributed by atoms with E-state index in [0.717, 1.165) is 0 Å². The van der Waals surface area contributed by atoms with Crippen molar-refractivity contribution in [1.82, 2.24) is 0 Å². The highest BCUT2D eigenvalue weighted by molar-refractivity contribution is 5.17. The standard InChI is InChI=1S/C11H2F23N/c12-1(13,3(16,17)7(24,25)10(29,30)31)2(14,15)5(20,21)9(28,35)6(22,23)4(18,19)8(26,27)11(32,33)34/h35H2/p+1. The molecule has 3 N–H and O–H groups in total. The Labute approximate surface area is 174 Å². The Morgan fingerprint density at radius 1 is 0.229 bits per heavy atom. The van der Waals surface area contributed by atoms with Crippen LogP contribution in [-0.2, 0) is 0 Å². The molecule has 212 valence electrons. The van der Waals surface area contributed by atoms with Crippen molar-refractivity contribution in [2.45, 2.75) is 65.5 Å². The average molecular weight is 586 g/mol. The fraction of sp³-hybridized carbons (Fsp3) is 1.00. The zero-order valence-corrected chi connectivity index (χ0v) is 14.9. The molecule has 0 aromatic carbocycles. The molecule has 0 aromatic heterocycles. The molecule has 0 aromatic rings. The summed E-state index contributed by atoms with van der Waals surface area (Å²) in [5, 5.41) is 0. The average Bonchev–Trinajstić information content (AvgIpc) is 2.58. The maximum absolute atomic E-state index is 13.7. The third kappa shape index (κ3) is 3.82. The van der Waals surface area contributed by atoms with Gasteiger partial charge in [0.15, 0.2) is 0 Å². The Kier molecular flexibility index (Phi) is 7.32. The minimum absolute atomic E-state index is 0.333. The fourth-order valence-electron chi connectivity index (χ4n) is 1.84. The summed E-state index contributed by atoms with van der Waals surface area (Å²) in [5.74, 6) is -78.4. The van der Waals surface area contributed by atoms with Gasteiger partial charge < -0.3 is 5.73 Å². The Morgan fingerprint density at radius 2 is 0.371 bits per heavy atom. The first-order valence-corrected chi connectivity index (χ1v) is 7.20. The van der Waals surface area contributed by atoms with E-state index in [9.17, 15) is 101 Å². The van der Waals surface area contributed by atoms with E-state index in [2.05, 4.69) is 0 Å². The molecule has 0 rings (SSSR count). The highest BCUT2D eigenvalue weighted by Gasteiger charge is 2.99. The van der Waals surface area contributed by atoms with Gasteiger partial charge in [-0.3, -0.25) is 0 Å². The molecule has 0 aliphatic heterocycles. The van der Waals surface area contributed by atoms with Crippen LogP contribution in [0.5, 0.6) is 0 Å². The molecule has 1 nitrogen and oxygen atoms in total. The van der Waals surface area contributed by atoms with Crippen LogP contribution in [0.25, 0.3) is 0 Å². The summed E-state index contributed by atoms with van der Waals surface area (Å²) in [6.07, 6.45) is -16.0. The van der Waals surface area contributed by atoms with E-state index in [1.807, 2.05) is 0 Å². The molecule has 0 aliphatic carbocycles. The van der Waals surface area contributed by atoms with Crippen molar-refractivity contribution < 1.29 is 107 Å². The molecule has 1 atom stereocenters. The topological polar surface area (TPSA) is 27.6 Å². The lowest BCUT2D eigenvalue weighted by Crippen LogP contribution is -2.92. The number of alkyl halides is 23. The first-order chi connectivity index (χ1) is 14.5. The highest BCUT2D eigenvalue weighted by atomic mass is 19.4. The number of hydrogen-bond donors (Lipinski definition) is 1. The lowest BCUT2D eigenvalue weighted by molar-refractivity contribution is -0.641. The van der Waals surface area contributed by atoms with Crippen molar-refractivity contribution in [2.75, 3.05) is 0 Å². The van der Waals surface area contributed by atoms with Crippen LogP contribution in [0.4, 0.5) is 101 Å². The zero-order valence-electron chi connectivity index (χ0n) is 14.9. The van der Waals surface area contributed by atoms with Crippen LogP contribution in [0.1, 0.15) is 0 Å². The first-order valence-electron chi connectivity index (χ1n) is 7.20. The molecule has 0 saturated carbocycles. The summed E-state index contributed by atoms with van der Waals surface area (Å²) in [4.78, 5) is 0. The largest absolute Gasteiger partial charge is 0.460 e. The maximum atomic E-state index is 13.7. The smallest absolute Gasteiger partial charge is 0.315 e. The molecule has 0 fully saturated rings. The molecule has 1 unspecified atom stereocenters. The Bertz CT molecular complexity index is 716. The van der Waals surface area contributed by atoms with Crippen LogP contribution in [-0.4, -0.2) is 65.5 Å². The number of rotatable bonds is 8. The summed E-state index contributed by atoms with van der Waals surface area (Å²) < 4.78 is 295. The van der Waals surface area contributed by atoms with E-state index >= 15 is 0 Å². The van der Waals surface area contributed by atoms with Crippen molar-refractivity contribution in [1.29, 1.82) is 0 Å². The first kappa shape index (κ1) is 33.4. The van der Waals surface area contributed by atoms with Gasteiger partial charge in [-0.1, -0.05) is 0 Å². The predicted octanol–water partition coefficient (Wildman–Crippen LogP) is 6.10. The summed E-state index contributed by atoms with van der Waals surface area (Å²) in [5.41, 5.74) is 0.333. The highest BCUT2D eigenvalue weighted by Crippen LogP contribution is 2.65. The minimum atomic E-state index is -9.11. The summed E-state index contributed by atoms with van der Waals surface area (Å²) in [7, 11) is 0. The maximum Gasteiger partial charge on any atom is 0.460 e. The molecule has 0 radical (unpaired) electrons. The second-order valence-corrected chi connectivity index (χ2v) is 6.39. The van der Waals surface area contributed by atoms with E-state index in [-0.39, 0.29) is 0 Å². The molecule has 0 spiro atoms. The zero-order chi connectivity index (χ0) is 29.5. The van der Waals surface area contributed by atoms with Gasteiger partial charge in [-0.15, -0.1) is 0 Å². The van der Waals surface area contributed by atoms with Crippen molar-refractivity contribution in [3.8, 4) is 0 Å². The normalized spacial score (nSPS) is 18.5. The van der Waals surface area contributed by atoms with E-state index < -0.39 is 65.5 Å². The van der Waals surface area contributed by atoms with Crippen LogP contribution in [0.15, 0.2) is 0 Å². The SMILES string of the molecule is [NH3+]C(F)(C(F)(F)C(F)(F)C(F)(F)C(F)(F)F)C(F)(F)C(F)(F)C(F)(F)C(F)(F)C(F)(F)C(F)(F)F. The van der Waals surface area contributed by atoms with Gasteiger partial charge in [0.05, 0.1) is 0 Å². The predicted molar refractivity (Wildman–Crippen MR) is 58.4 cm³/mol. The molecule has 0 heterocycles. The lowest BCUT2D eigenvalue weighted by atomic mass is 9.84. The molecule has 24 heteroatoms. The molecular weight excluding hydrogens is 583 g/mol. The van der Waals surface area contributed by atoms with Crippen molar-refractivity contribution in [3.63, 3.8) is 0 Å². The van der Waals surface area contributed by atoms with Crippen molar-refractivity contribution >= 4 is 0 Å². The van der Waals surface area contributed by atoms with E-state index in [0.29, 0.717) is 5.73 Å². The van der Waals surface area contributed by atoms with E-state index in [1.54, 1.807) is 0 Å². The number of quaternary nitrogens is 1. The Balaban J connectivity index is 7.15. The minimum Gasteiger partial charge on any atom is -0.315 e. The van der Waals surface area contributed by atoms with Gasteiger partial charge >= 0.3 is 65.5 Å². The van der Waals surface area contributed by atoms with Crippen molar-refractivity contribution in [3.05, 3.63) is 0 Å². The van der Waals surface area contributed by atoms with Crippen LogP contribution in [0, 0.1) is 0 Å². The monoisotopic (exact) mass is 586 g/mol. The lowest BCUT2D eigenvalue weighted by Gasteiger charge is -2.44. The van der Waals surface area contributed by atoms with Crippen LogP contribution in [0.3, 0.4) is 0 Å². The van der Waals surface area contributed by atoms with E-state index in [4.69, 9.17) is 0 Å². The van der Waals surface area contributed by atoms with Gasteiger partial charge in [0.25, 0.3) is 0 Å². The van der Waals surface area contributed by atoms with Gasteiger partial charge in [-0.25, -0.2) is 0 Å². The molecule has 35 heavy (non-hydrogen) atoms. The number of halogens is 23. The summed E-state index contributed by atoms with van der Waals surface area (Å²) >= 11 is 0.